The van der Waals surface area contributed by atoms with Crippen LogP contribution in [0.25, 0.3) is 0 Å². The fraction of sp³-hybridized carbons (Fsp3) is 0.692. The number of carbonyl (C=O) groups excluding carboxylic acids is 1. The van der Waals surface area contributed by atoms with Crippen molar-refractivity contribution < 1.29 is 9.53 Å². The molecule has 2 aliphatic rings. The third kappa shape index (κ3) is 2.27. The van der Waals surface area contributed by atoms with Crippen molar-refractivity contribution in [2.45, 2.75) is 37.8 Å². The minimum Gasteiger partial charge on any atom is -0.368 e. The number of amides is 1. The summed E-state index contributed by atoms with van der Waals surface area (Å²) in [4.78, 5) is 14.1. The number of nitrogens with zero attached hydrogens (tertiary/aromatic N) is 3. The van der Waals surface area contributed by atoms with Crippen LogP contribution in [0.5, 0.6) is 0 Å². The van der Waals surface area contributed by atoms with Crippen LogP contribution in [0.1, 0.15) is 31.7 Å². The highest BCUT2D eigenvalue weighted by Gasteiger charge is 2.31. The molecule has 5 heteroatoms. The molecular formula is C13H19N3O2. The van der Waals surface area contributed by atoms with E-state index in [0.29, 0.717) is 6.04 Å². The van der Waals surface area contributed by atoms with E-state index in [0.717, 1.165) is 45.4 Å². The maximum Gasteiger partial charge on any atom is 0.251 e. The summed E-state index contributed by atoms with van der Waals surface area (Å²) in [6.45, 7) is 2.38. The second-order valence-corrected chi connectivity index (χ2v) is 5.04. The number of likely N-dealkylation sites (tertiary alicyclic amines) is 1. The van der Waals surface area contributed by atoms with E-state index in [1.807, 2.05) is 28.0 Å². The SMILES string of the molecule is O=C(C1CCCO1)N1CCC(n2cccn2)CC1. The van der Waals surface area contributed by atoms with Crippen LogP contribution in [-0.4, -0.2) is 46.4 Å². The summed E-state index contributed by atoms with van der Waals surface area (Å²) in [6.07, 6.45) is 7.51. The number of hydrogen-bond acceptors (Lipinski definition) is 3. The van der Waals surface area contributed by atoms with Crippen molar-refractivity contribution in [2.24, 2.45) is 0 Å². The van der Waals surface area contributed by atoms with Crippen molar-refractivity contribution in [1.29, 1.82) is 0 Å². The third-order valence-electron chi connectivity index (χ3n) is 3.88. The summed E-state index contributed by atoms with van der Waals surface area (Å²) in [7, 11) is 0. The number of ether oxygens (including phenoxy) is 1. The summed E-state index contributed by atoms with van der Waals surface area (Å²) in [5, 5.41) is 4.28. The smallest absolute Gasteiger partial charge is 0.251 e. The van der Waals surface area contributed by atoms with Crippen LogP contribution in [0.4, 0.5) is 0 Å². The molecule has 2 fully saturated rings. The largest absolute Gasteiger partial charge is 0.368 e. The summed E-state index contributed by atoms with van der Waals surface area (Å²) >= 11 is 0. The summed E-state index contributed by atoms with van der Waals surface area (Å²) in [6, 6.07) is 2.39. The topological polar surface area (TPSA) is 47.4 Å². The van der Waals surface area contributed by atoms with Gasteiger partial charge in [-0.3, -0.25) is 9.48 Å². The highest BCUT2D eigenvalue weighted by Crippen LogP contribution is 2.23. The number of piperidine rings is 1. The average molecular weight is 249 g/mol. The molecule has 0 bridgehead atoms. The van der Waals surface area contributed by atoms with E-state index in [9.17, 15) is 4.79 Å². The van der Waals surface area contributed by atoms with Gasteiger partial charge in [0.1, 0.15) is 6.10 Å². The van der Waals surface area contributed by atoms with Crippen molar-refractivity contribution in [3.8, 4) is 0 Å². The van der Waals surface area contributed by atoms with Gasteiger partial charge >= 0.3 is 0 Å². The molecule has 1 unspecified atom stereocenters. The van der Waals surface area contributed by atoms with Gasteiger partial charge in [-0.25, -0.2) is 0 Å². The Hall–Kier alpha value is -1.36. The number of hydrogen-bond donors (Lipinski definition) is 0. The molecule has 2 aliphatic heterocycles. The Balaban J connectivity index is 1.55. The van der Waals surface area contributed by atoms with Crippen molar-refractivity contribution in [1.82, 2.24) is 14.7 Å². The molecule has 0 aliphatic carbocycles. The first-order valence-electron chi connectivity index (χ1n) is 6.74. The highest BCUT2D eigenvalue weighted by atomic mass is 16.5. The zero-order chi connectivity index (χ0) is 12.4. The molecule has 3 rings (SSSR count). The lowest BCUT2D eigenvalue weighted by molar-refractivity contribution is -0.142. The van der Waals surface area contributed by atoms with Crippen LogP contribution in [-0.2, 0) is 9.53 Å². The fourth-order valence-corrected chi connectivity index (χ4v) is 2.82. The normalized spacial score (nSPS) is 25.6. The Morgan fingerprint density at radius 2 is 2.11 bits per heavy atom. The minimum atomic E-state index is -0.175. The predicted molar refractivity (Wildman–Crippen MR) is 66.1 cm³/mol. The van der Waals surface area contributed by atoms with E-state index in [1.165, 1.54) is 0 Å². The standard InChI is InChI=1S/C13H19N3O2/c17-13(12-3-1-10-18-12)15-8-4-11(5-9-15)16-7-2-6-14-16/h2,6-7,11-12H,1,3-5,8-10H2. The van der Waals surface area contributed by atoms with Crippen molar-refractivity contribution in [2.75, 3.05) is 19.7 Å². The first-order chi connectivity index (χ1) is 8.84. The maximum atomic E-state index is 12.2. The molecule has 1 aromatic heterocycles. The lowest BCUT2D eigenvalue weighted by Gasteiger charge is -2.33. The number of rotatable bonds is 2. The molecule has 1 amide bonds. The second-order valence-electron chi connectivity index (χ2n) is 5.04. The Bertz CT molecular complexity index is 390. The van der Waals surface area contributed by atoms with Gasteiger partial charge in [0.25, 0.3) is 5.91 Å². The molecule has 0 N–H and O–H groups in total. The maximum absolute atomic E-state index is 12.2. The first kappa shape index (κ1) is 11.7. The lowest BCUT2D eigenvalue weighted by atomic mass is 10.0. The molecule has 0 radical (unpaired) electrons. The molecule has 0 aromatic carbocycles. The Morgan fingerprint density at radius 1 is 1.28 bits per heavy atom. The van der Waals surface area contributed by atoms with E-state index < -0.39 is 0 Å². The molecule has 0 spiro atoms. The van der Waals surface area contributed by atoms with Crippen LogP contribution in [0.2, 0.25) is 0 Å². The first-order valence-corrected chi connectivity index (χ1v) is 6.74. The second kappa shape index (κ2) is 5.10. The van der Waals surface area contributed by atoms with Gasteiger partial charge < -0.3 is 9.64 Å². The summed E-state index contributed by atoms with van der Waals surface area (Å²) in [5.41, 5.74) is 0. The fourth-order valence-electron chi connectivity index (χ4n) is 2.82. The highest BCUT2D eigenvalue weighted by molar-refractivity contribution is 5.81. The van der Waals surface area contributed by atoms with Crippen LogP contribution in [0.15, 0.2) is 18.5 Å². The molecule has 5 nitrogen and oxygen atoms in total. The molecule has 1 aromatic rings. The third-order valence-corrected chi connectivity index (χ3v) is 3.88. The zero-order valence-electron chi connectivity index (χ0n) is 10.5. The number of aromatic nitrogens is 2. The lowest BCUT2D eigenvalue weighted by Crippen LogP contribution is -2.44. The van der Waals surface area contributed by atoms with E-state index in [4.69, 9.17) is 4.74 Å². The van der Waals surface area contributed by atoms with Gasteiger partial charge in [-0.05, 0) is 31.7 Å². The zero-order valence-corrected chi connectivity index (χ0v) is 10.5. The Morgan fingerprint density at radius 3 is 2.72 bits per heavy atom. The van der Waals surface area contributed by atoms with Gasteiger partial charge in [0.15, 0.2) is 0 Å². The van der Waals surface area contributed by atoms with Gasteiger partial charge in [0.05, 0.1) is 6.04 Å². The average Bonchev–Trinajstić information content (AvgIpc) is 3.11. The molecule has 2 saturated heterocycles. The van der Waals surface area contributed by atoms with Gasteiger partial charge in [-0.1, -0.05) is 0 Å². The molecule has 1 atom stereocenters. The Labute approximate surface area is 107 Å². The summed E-state index contributed by atoms with van der Waals surface area (Å²) < 4.78 is 7.47. The predicted octanol–water partition coefficient (Wildman–Crippen LogP) is 1.23. The van der Waals surface area contributed by atoms with Crippen molar-refractivity contribution >= 4 is 5.91 Å². The quantitative estimate of drug-likeness (QED) is 0.792. The molecule has 18 heavy (non-hydrogen) atoms. The molecule has 0 saturated carbocycles. The molecule has 3 heterocycles. The van der Waals surface area contributed by atoms with Crippen molar-refractivity contribution in [3.05, 3.63) is 18.5 Å². The summed E-state index contributed by atoms with van der Waals surface area (Å²) in [5.74, 6) is 0.186. The van der Waals surface area contributed by atoms with Gasteiger partial charge in [-0.15, -0.1) is 0 Å². The molecular weight excluding hydrogens is 230 g/mol. The van der Waals surface area contributed by atoms with Crippen LogP contribution >= 0.6 is 0 Å². The van der Waals surface area contributed by atoms with E-state index >= 15 is 0 Å². The van der Waals surface area contributed by atoms with E-state index in [1.54, 1.807) is 0 Å². The molecule has 98 valence electrons. The van der Waals surface area contributed by atoms with Crippen LogP contribution < -0.4 is 0 Å². The van der Waals surface area contributed by atoms with Gasteiger partial charge in [0.2, 0.25) is 0 Å². The van der Waals surface area contributed by atoms with Gasteiger partial charge in [-0.2, -0.15) is 5.10 Å². The van der Waals surface area contributed by atoms with E-state index in [-0.39, 0.29) is 12.0 Å². The monoisotopic (exact) mass is 249 g/mol. The Kier molecular flexibility index (Phi) is 3.32. The van der Waals surface area contributed by atoms with Crippen LogP contribution in [0.3, 0.4) is 0 Å². The van der Waals surface area contributed by atoms with Gasteiger partial charge in [0, 0.05) is 32.1 Å². The van der Waals surface area contributed by atoms with Crippen LogP contribution in [0, 0.1) is 0 Å². The van der Waals surface area contributed by atoms with E-state index in [2.05, 4.69) is 5.10 Å². The number of carbonyl (C=O) groups is 1. The van der Waals surface area contributed by atoms with Crippen molar-refractivity contribution in [3.63, 3.8) is 0 Å². The minimum absolute atomic E-state index is 0.175.